The Balaban J connectivity index is 0.967. The number of benzene rings is 8. The third-order valence-electron chi connectivity index (χ3n) is 12.8. The van der Waals surface area contributed by atoms with Gasteiger partial charge in [0.2, 0.25) is 0 Å². The van der Waals surface area contributed by atoms with Crippen LogP contribution in [0.5, 0.6) is 5.75 Å². The van der Waals surface area contributed by atoms with E-state index in [1.807, 2.05) is 60.7 Å². The predicted molar refractivity (Wildman–Crippen MR) is 274 cm³/mol. The van der Waals surface area contributed by atoms with Crippen LogP contribution in [0.25, 0.3) is 106 Å². The lowest BCUT2D eigenvalue weighted by molar-refractivity contribution is 0.474. The summed E-state index contributed by atoms with van der Waals surface area (Å²) in [6.07, 6.45) is 3.94. The second-order valence-electron chi connectivity index (χ2n) is 16.7. The van der Waals surface area contributed by atoms with Crippen molar-refractivity contribution in [3.63, 3.8) is 0 Å². The van der Waals surface area contributed by atoms with Crippen molar-refractivity contribution in [1.29, 1.82) is 0 Å². The number of fused-ring (bicyclic) bond motifs is 7. The molecule has 1 N–H and O–H groups in total. The van der Waals surface area contributed by atoms with Gasteiger partial charge in [-0.1, -0.05) is 133 Å². The van der Waals surface area contributed by atoms with Crippen molar-refractivity contribution in [3.8, 4) is 51.4 Å². The molecule has 0 saturated heterocycles. The average molecular weight is 864 g/mol. The molecular formula is C59H41N7O. The highest BCUT2D eigenvalue weighted by Gasteiger charge is 2.19. The minimum atomic E-state index is 0.185. The van der Waals surface area contributed by atoms with Crippen molar-refractivity contribution in [1.82, 2.24) is 29.1 Å². The molecule has 0 atom stereocenters. The lowest BCUT2D eigenvalue weighted by atomic mass is 10.0. The van der Waals surface area contributed by atoms with Crippen molar-refractivity contribution in [2.24, 2.45) is 4.99 Å². The number of phenolic OH excluding ortho intramolecular Hbond substituents is 1. The number of nitrogens with zero attached hydrogens (tertiary/aromatic N) is 7. The number of aryl methyl sites for hydroxylation is 1. The molecule has 0 aliphatic heterocycles. The van der Waals surface area contributed by atoms with Gasteiger partial charge in [0.05, 0.1) is 33.3 Å². The van der Waals surface area contributed by atoms with Crippen LogP contribution >= 0.6 is 0 Å². The molecule has 4 heterocycles. The van der Waals surface area contributed by atoms with Crippen LogP contribution < -0.4 is 0 Å². The molecule has 67 heavy (non-hydrogen) atoms. The molecular weight excluding hydrogens is 823 g/mol. The Kier molecular flexibility index (Phi) is 9.57. The molecule has 0 aliphatic carbocycles. The quantitative estimate of drug-likeness (QED) is 0.154. The first-order valence-electron chi connectivity index (χ1n) is 22.3. The van der Waals surface area contributed by atoms with Crippen LogP contribution in [0.3, 0.4) is 0 Å². The third-order valence-corrected chi connectivity index (χ3v) is 12.8. The normalized spacial score (nSPS) is 12.1. The van der Waals surface area contributed by atoms with E-state index >= 15 is 0 Å². The molecule has 12 rings (SSSR count). The molecule has 0 fully saturated rings. The Bertz CT molecular complexity index is 3920. The van der Waals surface area contributed by atoms with Crippen LogP contribution in [-0.4, -0.2) is 46.9 Å². The van der Waals surface area contributed by atoms with Gasteiger partial charge in [0.15, 0.2) is 17.5 Å². The first-order valence-corrected chi connectivity index (χ1v) is 22.3. The Morgan fingerprint density at radius 3 is 1.76 bits per heavy atom. The van der Waals surface area contributed by atoms with E-state index in [0.29, 0.717) is 34.4 Å². The van der Waals surface area contributed by atoms with Gasteiger partial charge in [0, 0.05) is 62.0 Å². The summed E-state index contributed by atoms with van der Waals surface area (Å²) in [7, 11) is 1.73. The number of aromatic nitrogens is 6. The Morgan fingerprint density at radius 2 is 1.06 bits per heavy atom. The molecule has 318 valence electrons. The van der Waals surface area contributed by atoms with Crippen LogP contribution in [0.2, 0.25) is 0 Å². The van der Waals surface area contributed by atoms with Crippen LogP contribution in [0.4, 0.5) is 0 Å². The molecule has 8 nitrogen and oxygen atoms in total. The topological polar surface area (TPSA) is 94.0 Å². The van der Waals surface area contributed by atoms with E-state index in [2.05, 4.69) is 155 Å². The zero-order chi connectivity index (χ0) is 45.0. The van der Waals surface area contributed by atoms with Crippen molar-refractivity contribution in [2.45, 2.75) is 6.92 Å². The summed E-state index contributed by atoms with van der Waals surface area (Å²) in [5, 5.41) is 16.3. The van der Waals surface area contributed by atoms with E-state index in [-0.39, 0.29) is 5.75 Å². The SMILES string of the molecule is CN=C(/C=C\c1ccc2ccc(-c3nc(-c4ccccc4)nc(-c4cccc(-n5c6ccccc6c6cc(-n7c8ccccc8c8ccccc87)ccc65)c4)n3)nc2c1C)c1ccccc1O. The van der Waals surface area contributed by atoms with Gasteiger partial charge in [-0.2, -0.15) is 0 Å². The highest BCUT2D eigenvalue weighted by atomic mass is 16.3. The maximum Gasteiger partial charge on any atom is 0.182 e. The van der Waals surface area contributed by atoms with Gasteiger partial charge < -0.3 is 14.2 Å². The molecule has 8 aromatic carbocycles. The Hall–Kier alpha value is -9.01. The zero-order valence-electron chi connectivity index (χ0n) is 36.7. The van der Waals surface area contributed by atoms with E-state index in [1.54, 1.807) is 19.2 Å². The number of allylic oxidation sites excluding steroid dienone is 1. The molecule has 0 amide bonds. The molecule has 0 unspecified atom stereocenters. The Labute approximate surface area is 386 Å². The van der Waals surface area contributed by atoms with Crippen LogP contribution in [0, 0.1) is 6.92 Å². The van der Waals surface area contributed by atoms with Crippen LogP contribution in [0.15, 0.2) is 205 Å². The van der Waals surface area contributed by atoms with Gasteiger partial charge in [-0.25, -0.2) is 19.9 Å². The van der Waals surface area contributed by atoms with Gasteiger partial charge in [-0.3, -0.25) is 4.99 Å². The van der Waals surface area contributed by atoms with Crippen molar-refractivity contribution >= 4 is 66.3 Å². The second kappa shape index (κ2) is 16.2. The molecule has 0 bridgehead atoms. The summed E-state index contributed by atoms with van der Waals surface area (Å²) in [6, 6.07) is 66.6. The number of phenols is 1. The minimum absolute atomic E-state index is 0.185. The van der Waals surface area contributed by atoms with Gasteiger partial charge in [0.1, 0.15) is 11.4 Å². The smallest absolute Gasteiger partial charge is 0.182 e. The lowest BCUT2D eigenvalue weighted by Gasteiger charge is -2.12. The molecule has 4 aromatic heterocycles. The zero-order valence-corrected chi connectivity index (χ0v) is 36.7. The molecule has 12 aromatic rings. The van der Waals surface area contributed by atoms with Gasteiger partial charge in [0.25, 0.3) is 0 Å². The number of hydrogen-bond acceptors (Lipinski definition) is 6. The fraction of sp³-hybridized carbons (Fsp3) is 0.0339. The fourth-order valence-electron chi connectivity index (χ4n) is 9.49. The van der Waals surface area contributed by atoms with Gasteiger partial charge >= 0.3 is 0 Å². The number of rotatable bonds is 8. The summed E-state index contributed by atoms with van der Waals surface area (Å²) >= 11 is 0. The van der Waals surface area contributed by atoms with Crippen LogP contribution in [-0.2, 0) is 0 Å². The number of aliphatic imine (C=N–C) groups is 1. The third kappa shape index (κ3) is 6.82. The molecule has 0 saturated carbocycles. The summed E-state index contributed by atoms with van der Waals surface area (Å²) in [5.74, 6) is 1.77. The second-order valence-corrected chi connectivity index (χ2v) is 16.7. The predicted octanol–water partition coefficient (Wildman–Crippen LogP) is 13.8. The largest absolute Gasteiger partial charge is 0.507 e. The standard InChI is InChI=1S/C59H41N7O/c1-37-38(29-32-49(60-2)47-22-9-13-26-55(47)67)27-28-39-30-33-50(61-56(37)39)59-63-57(40-15-4-3-5-16-40)62-58(64-59)41-17-14-18-42(35-41)65-53-25-12-8-21-46(53)48-36-43(31-34-54(48)65)66-51-23-10-6-19-44(51)45-20-7-11-24-52(45)66/h3-36,67H,1-2H3/b32-29-,60-49?. The van der Waals surface area contributed by atoms with E-state index < -0.39 is 0 Å². The minimum Gasteiger partial charge on any atom is -0.507 e. The Morgan fingerprint density at radius 1 is 0.493 bits per heavy atom. The molecule has 0 radical (unpaired) electrons. The van der Waals surface area contributed by atoms with Gasteiger partial charge in [-0.15, -0.1) is 0 Å². The number of hydrogen-bond donors (Lipinski definition) is 1. The average Bonchev–Trinajstić information content (AvgIpc) is 3.90. The fourth-order valence-corrected chi connectivity index (χ4v) is 9.49. The van der Waals surface area contributed by atoms with Crippen molar-refractivity contribution in [2.75, 3.05) is 7.05 Å². The van der Waals surface area contributed by atoms with E-state index in [4.69, 9.17) is 19.9 Å². The summed E-state index contributed by atoms with van der Waals surface area (Å²) in [5.41, 5.74) is 13.2. The van der Waals surface area contributed by atoms with Crippen LogP contribution in [0.1, 0.15) is 16.7 Å². The highest BCUT2D eigenvalue weighted by molar-refractivity contribution is 6.13. The monoisotopic (exact) mass is 863 g/mol. The molecule has 0 aliphatic rings. The van der Waals surface area contributed by atoms with E-state index in [1.165, 1.54) is 32.6 Å². The summed E-state index contributed by atoms with van der Waals surface area (Å²) in [4.78, 5) is 25.0. The van der Waals surface area contributed by atoms with Crippen molar-refractivity contribution in [3.05, 3.63) is 217 Å². The summed E-state index contributed by atoms with van der Waals surface area (Å²) in [6.45, 7) is 2.07. The van der Waals surface area contributed by atoms with Crippen molar-refractivity contribution < 1.29 is 5.11 Å². The number of para-hydroxylation sites is 4. The van der Waals surface area contributed by atoms with E-state index in [0.717, 1.165) is 55.6 Å². The maximum absolute atomic E-state index is 10.5. The highest BCUT2D eigenvalue weighted by Crippen LogP contribution is 2.38. The van der Waals surface area contributed by atoms with E-state index in [9.17, 15) is 5.11 Å². The molecule has 8 heteroatoms. The molecule has 0 spiro atoms. The first-order chi connectivity index (χ1) is 33.0. The van der Waals surface area contributed by atoms with Gasteiger partial charge in [-0.05, 0) is 90.9 Å². The lowest BCUT2D eigenvalue weighted by Crippen LogP contribution is -2.02. The maximum atomic E-state index is 10.5. The summed E-state index contributed by atoms with van der Waals surface area (Å²) < 4.78 is 4.71. The number of pyridine rings is 1. The first kappa shape index (κ1) is 39.6. The number of aromatic hydroxyl groups is 1.